The number of aliphatic hydroxyl groups excluding tert-OH is 1. The molecule has 0 amide bonds. The van der Waals surface area contributed by atoms with Crippen molar-refractivity contribution in [3.63, 3.8) is 0 Å². The fourth-order valence-corrected chi connectivity index (χ4v) is 3.06. The largest absolute Gasteiger partial charge is 0.396 e. The molecule has 0 atom stereocenters. The maximum absolute atomic E-state index is 9.69. The molecule has 0 spiro atoms. The second-order valence-electron chi connectivity index (χ2n) is 6.02. The number of aryl methyl sites for hydroxylation is 1. The highest BCUT2D eigenvalue weighted by Crippen LogP contribution is 2.36. The molecule has 0 aromatic heterocycles. The molecule has 0 bridgehead atoms. The Balaban J connectivity index is 1.89. The summed E-state index contributed by atoms with van der Waals surface area (Å²) in [4.78, 5) is 0. The van der Waals surface area contributed by atoms with E-state index in [2.05, 4.69) is 36.5 Å². The molecule has 0 saturated heterocycles. The molecule has 1 aliphatic rings. The standard InChI is InChI=1S/C17H27NO/c1-2-6-15-7-9-16(10-8-15)18-13-17(14-19)11-4-3-5-12-17/h7-10,18-19H,2-6,11-14H2,1H3. The molecule has 0 aliphatic heterocycles. The van der Waals surface area contributed by atoms with Crippen molar-refractivity contribution in [3.05, 3.63) is 29.8 Å². The van der Waals surface area contributed by atoms with Crippen LogP contribution in [0.4, 0.5) is 5.69 Å². The number of hydrogen-bond donors (Lipinski definition) is 2. The fraction of sp³-hybridized carbons (Fsp3) is 0.647. The number of nitrogens with one attached hydrogen (secondary N) is 1. The van der Waals surface area contributed by atoms with Crippen LogP contribution in [0.3, 0.4) is 0 Å². The van der Waals surface area contributed by atoms with Gasteiger partial charge in [0.15, 0.2) is 0 Å². The lowest BCUT2D eigenvalue weighted by Gasteiger charge is -2.36. The maximum atomic E-state index is 9.69. The van der Waals surface area contributed by atoms with Crippen LogP contribution in [-0.4, -0.2) is 18.3 Å². The second kappa shape index (κ2) is 6.95. The van der Waals surface area contributed by atoms with Crippen molar-refractivity contribution in [1.29, 1.82) is 0 Å². The first-order valence-electron chi connectivity index (χ1n) is 7.72. The monoisotopic (exact) mass is 261 g/mol. The third kappa shape index (κ3) is 3.97. The van der Waals surface area contributed by atoms with E-state index in [9.17, 15) is 5.11 Å². The molecule has 0 heterocycles. The van der Waals surface area contributed by atoms with Gasteiger partial charge in [0.05, 0.1) is 6.61 Å². The van der Waals surface area contributed by atoms with Gasteiger partial charge in [-0.1, -0.05) is 44.7 Å². The zero-order valence-corrected chi connectivity index (χ0v) is 12.1. The van der Waals surface area contributed by atoms with Gasteiger partial charge in [0, 0.05) is 17.6 Å². The Hall–Kier alpha value is -1.02. The van der Waals surface area contributed by atoms with Gasteiger partial charge in [0.1, 0.15) is 0 Å². The zero-order chi connectivity index (χ0) is 13.6. The smallest absolute Gasteiger partial charge is 0.0504 e. The van der Waals surface area contributed by atoms with Crippen LogP contribution in [0.25, 0.3) is 0 Å². The van der Waals surface area contributed by atoms with E-state index < -0.39 is 0 Å². The number of aliphatic hydroxyl groups is 1. The van der Waals surface area contributed by atoms with Crippen molar-refractivity contribution in [2.45, 2.75) is 51.9 Å². The van der Waals surface area contributed by atoms with Crippen molar-refractivity contribution >= 4 is 5.69 Å². The van der Waals surface area contributed by atoms with Gasteiger partial charge in [0.2, 0.25) is 0 Å². The SMILES string of the molecule is CCCc1ccc(NCC2(CO)CCCCC2)cc1. The number of hydrogen-bond acceptors (Lipinski definition) is 2. The maximum Gasteiger partial charge on any atom is 0.0504 e. The van der Waals surface area contributed by atoms with Crippen molar-refractivity contribution in [3.8, 4) is 0 Å². The van der Waals surface area contributed by atoms with E-state index in [1.807, 2.05) is 0 Å². The predicted molar refractivity (Wildman–Crippen MR) is 81.5 cm³/mol. The lowest BCUT2D eigenvalue weighted by molar-refractivity contribution is 0.0944. The Kier molecular flexibility index (Phi) is 5.26. The van der Waals surface area contributed by atoms with Crippen LogP contribution in [0.15, 0.2) is 24.3 Å². The number of rotatable bonds is 6. The third-order valence-corrected chi connectivity index (χ3v) is 4.41. The summed E-state index contributed by atoms with van der Waals surface area (Å²) in [6.07, 6.45) is 8.51. The number of anilines is 1. The topological polar surface area (TPSA) is 32.3 Å². The Morgan fingerprint density at radius 2 is 1.79 bits per heavy atom. The number of benzene rings is 1. The van der Waals surface area contributed by atoms with E-state index in [1.54, 1.807) is 0 Å². The van der Waals surface area contributed by atoms with Gasteiger partial charge in [0.25, 0.3) is 0 Å². The zero-order valence-electron chi connectivity index (χ0n) is 12.1. The van der Waals surface area contributed by atoms with Crippen LogP contribution in [0.2, 0.25) is 0 Å². The first-order valence-corrected chi connectivity index (χ1v) is 7.72. The van der Waals surface area contributed by atoms with Gasteiger partial charge in [-0.05, 0) is 37.0 Å². The van der Waals surface area contributed by atoms with Crippen LogP contribution in [0, 0.1) is 5.41 Å². The van der Waals surface area contributed by atoms with E-state index in [0.717, 1.165) is 25.8 Å². The molecule has 2 rings (SSSR count). The van der Waals surface area contributed by atoms with Crippen LogP contribution in [0.5, 0.6) is 0 Å². The molecule has 1 aromatic rings. The third-order valence-electron chi connectivity index (χ3n) is 4.41. The second-order valence-corrected chi connectivity index (χ2v) is 6.02. The minimum absolute atomic E-state index is 0.111. The molecule has 1 saturated carbocycles. The van der Waals surface area contributed by atoms with E-state index in [-0.39, 0.29) is 5.41 Å². The van der Waals surface area contributed by atoms with E-state index in [1.165, 1.54) is 36.9 Å². The summed E-state index contributed by atoms with van der Waals surface area (Å²) in [6.45, 7) is 3.42. The molecule has 1 fully saturated rings. The van der Waals surface area contributed by atoms with Crippen LogP contribution < -0.4 is 5.32 Å². The van der Waals surface area contributed by atoms with Gasteiger partial charge < -0.3 is 10.4 Å². The highest BCUT2D eigenvalue weighted by Gasteiger charge is 2.30. The summed E-state index contributed by atoms with van der Waals surface area (Å²) in [5.41, 5.74) is 2.70. The molecular weight excluding hydrogens is 234 g/mol. The van der Waals surface area contributed by atoms with Gasteiger partial charge in [-0.3, -0.25) is 0 Å². The Morgan fingerprint density at radius 3 is 2.37 bits per heavy atom. The Morgan fingerprint density at radius 1 is 1.11 bits per heavy atom. The first kappa shape index (κ1) is 14.4. The molecule has 2 nitrogen and oxygen atoms in total. The Labute approximate surface area is 117 Å². The minimum atomic E-state index is 0.111. The van der Waals surface area contributed by atoms with Gasteiger partial charge in [-0.2, -0.15) is 0 Å². The molecule has 106 valence electrons. The Bertz CT molecular complexity index is 365. The molecule has 1 aromatic carbocycles. The van der Waals surface area contributed by atoms with Gasteiger partial charge in [-0.15, -0.1) is 0 Å². The van der Waals surface area contributed by atoms with Crippen molar-refractivity contribution < 1.29 is 5.11 Å². The summed E-state index contributed by atoms with van der Waals surface area (Å²) in [5.74, 6) is 0. The average molecular weight is 261 g/mol. The summed E-state index contributed by atoms with van der Waals surface area (Å²) < 4.78 is 0. The molecule has 0 unspecified atom stereocenters. The van der Waals surface area contributed by atoms with E-state index in [0.29, 0.717) is 6.61 Å². The highest BCUT2D eigenvalue weighted by molar-refractivity contribution is 5.44. The van der Waals surface area contributed by atoms with E-state index in [4.69, 9.17) is 0 Å². The van der Waals surface area contributed by atoms with Crippen LogP contribution in [-0.2, 0) is 6.42 Å². The molecular formula is C17H27NO. The first-order chi connectivity index (χ1) is 9.28. The summed E-state index contributed by atoms with van der Waals surface area (Å²) in [6, 6.07) is 8.74. The highest BCUT2D eigenvalue weighted by atomic mass is 16.3. The predicted octanol–water partition coefficient (Wildman–Crippen LogP) is 3.99. The van der Waals surface area contributed by atoms with Crippen molar-refractivity contribution in [2.75, 3.05) is 18.5 Å². The van der Waals surface area contributed by atoms with E-state index >= 15 is 0 Å². The van der Waals surface area contributed by atoms with Crippen LogP contribution in [0.1, 0.15) is 51.0 Å². The molecule has 0 radical (unpaired) electrons. The summed E-state index contributed by atoms with van der Waals surface area (Å²) >= 11 is 0. The summed E-state index contributed by atoms with van der Waals surface area (Å²) in [5, 5.41) is 13.2. The lowest BCUT2D eigenvalue weighted by Crippen LogP contribution is -2.35. The molecule has 2 N–H and O–H groups in total. The van der Waals surface area contributed by atoms with Gasteiger partial charge >= 0.3 is 0 Å². The van der Waals surface area contributed by atoms with Crippen molar-refractivity contribution in [1.82, 2.24) is 0 Å². The fourth-order valence-electron chi connectivity index (χ4n) is 3.06. The molecule has 1 aliphatic carbocycles. The quantitative estimate of drug-likeness (QED) is 0.811. The van der Waals surface area contributed by atoms with Gasteiger partial charge in [-0.25, -0.2) is 0 Å². The minimum Gasteiger partial charge on any atom is -0.396 e. The molecule has 19 heavy (non-hydrogen) atoms. The summed E-state index contributed by atoms with van der Waals surface area (Å²) in [7, 11) is 0. The lowest BCUT2D eigenvalue weighted by atomic mass is 9.74. The normalized spacial score (nSPS) is 18.2. The van der Waals surface area contributed by atoms with Crippen LogP contribution >= 0.6 is 0 Å². The molecule has 2 heteroatoms. The van der Waals surface area contributed by atoms with Crippen molar-refractivity contribution in [2.24, 2.45) is 5.41 Å². The average Bonchev–Trinajstić information content (AvgIpc) is 2.48.